The molecule has 88 valence electrons. The minimum absolute atomic E-state index is 0.149. The third-order valence-corrected chi connectivity index (χ3v) is 3.11. The molecule has 4 heteroatoms. The lowest BCUT2D eigenvalue weighted by Gasteiger charge is -2.29. The van der Waals surface area contributed by atoms with Crippen molar-refractivity contribution >= 4 is 21.8 Å². The van der Waals surface area contributed by atoms with Crippen LogP contribution in [0.4, 0.5) is 0 Å². The third kappa shape index (κ3) is 5.52. The Balaban J connectivity index is 2.16. The molecule has 1 amide bonds. The van der Waals surface area contributed by atoms with Gasteiger partial charge >= 0.3 is 0 Å². The van der Waals surface area contributed by atoms with Gasteiger partial charge in [-0.05, 0) is 32.9 Å². The first-order chi connectivity index (χ1) is 7.22. The summed E-state index contributed by atoms with van der Waals surface area (Å²) in [5.74, 6) is 0.149. The molecule has 0 aliphatic carbocycles. The Morgan fingerprint density at radius 2 is 2.07 bits per heavy atom. The lowest BCUT2D eigenvalue weighted by molar-refractivity contribution is -0.121. The van der Waals surface area contributed by atoms with Gasteiger partial charge in [0.25, 0.3) is 0 Å². The van der Waals surface area contributed by atoms with Crippen LogP contribution in [-0.4, -0.2) is 41.8 Å². The van der Waals surface area contributed by atoms with Crippen LogP contribution >= 0.6 is 15.9 Å². The molecular formula is C11H21BrN2O. The number of hydrogen-bond donors (Lipinski definition) is 1. The van der Waals surface area contributed by atoms with Gasteiger partial charge in [-0.1, -0.05) is 22.4 Å². The van der Waals surface area contributed by atoms with Crippen molar-refractivity contribution in [3.63, 3.8) is 0 Å². The topological polar surface area (TPSA) is 32.3 Å². The fourth-order valence-electron chi connectivity index (χ4n) is 2.01. The molecule has 1 N–H and O–H groups in total. The van der Waals surface area contributed by atoms with Gasteiger partial charge in [0.1, 0.15) is 0 Å². The number of amides is 1. The Labute approximate surface area is 101 Å². The second-order valence-corrected chi connectivity index (χ2v) is 5.06. The number of likely N-dealkylation sites (tertiary alicyclic amines) is 1. The van der Waals surface area contributed by atoms with E-state index in [1.807, 2.05) is 0 Å². The molecule has 3 nitrogen and oxygen atoms in total. The van der Waals surface area contributed by atoms with E-state index in [1.165, 1.54) is 32.4 Å². The molecule has 1 saturated heterocycles. The highest BCUT2D eigenvalue weighted by Crippen LogP contribution is 2.08. The maximum Gasteiger partial charge on any atom is 0.221 e. The molecule has 1 fully saturated rings. The Morgan fingerprint density at radius 3 is 2.67 bits per heavy atom. The second kappa shape index (κ2) is 7.23. The number of carbonyl (C=O) groups is 1. The molecule has 1 rings (SSSR count). The second-order valence-electron chi connectivity index (χ2n) is 4.27. The van der Waals surface area contributed by atoms with Gasteiger partial charge in [-0.2, -0.15) is 0 Å². The predicted octanol–water partition coefficient (Wildman–Crippen LogP) is 1.76. The first-order valence-corrected chi connectivity index (χ1v) is 6.92. The summed E-state index contributed by atoms with van der Waals surface area (Å²) in [6.07, 6.45) is 4.55. The number of hydrogen-bond acceptors (Lipinski definition) is 2. The number of nitrogens with zero attached hydrogens (tertiary/aromatic N) is 1. The molecule has 0 saturated carbocycles. The fraction of sp³-hybridized carbons (Fsp3) is 0.909. The van der Waals surface area contributed by atoms with Gasteiger partial charge < -0.3 is 10.2 Å². The van der Waals surface area contributed by atoms with Gasteiger partial charge in [0.2, 0.25) is 5.91 Å². The van der Waals surface area contributed by atoms with E-state index in [0.29, 0.717) is 6.42 Å². The SMILES string of the molecule is CC(CN1CCCCC1)NC(=O)CCBr. The van der Waals surface area contributed by atoms with E-state index >= 15 is 0 Å². The highest BCUT2D eigenvalue weighted by molar-refractivity contribution is 9.09. The van der Waals surface area contributed by atoms with Crippen molar-refractivity contribution in [2.45, 2.75) is 38.6 Å². The van der Waals surface area contributed by atoms with Gasteiger partial charge in [-0.15, -0.1) is 0 Å². The molecule has 0 aromatic heterocycles. The summed E-state index contributed by atoms with van der Waals surface area (Å²) >= 11 is 3.27. The highest BCUT2D eigenvalue weighted by atomic mass is 79.9. The van der Waals surface area contributed by atoms with E-state index in [-0.39, 0.29) is 11.9 Å². The first kappa shape index (κ1) is 13.0. The third-order valence-electron chi connectivity index (χ3n) is 2.71. The molecular weight excluding hydrogens is 256 g/mol. The molecule has 0 radical (unpaired) electrons. The summed E-state index contributed by atoms with van der Waals surface area (Å²) in [5.41, 5.74) is 0. The maximum absolute atomic E-state index is 11.3. The van der Waals surface area contributed by atoms with Crippen molar-refractivity contribution in [2.24, 2.45) is 0 Å². The van der Waals surface area contributed by atoms with E-state index in [9.17, 15) is 4.79 Å². The number of piperidine rings is 1. The molecule has 15 heavy (non-hydrogen) atoms. The maximum atomic E-state index is 11.3. The van der Waals surface area contributed by atoms with Crippen LogP contribution in [0, 0.1) is 0 Å². The van der Waals surface area contributed by atoms with Crippen LogP contribution in [0.1, 0.15) is 32.6 Å². The molecule has 1 unspecified atom stereocenters. The van der Waals surface area contributed by atoms with Crippen molar-refractivity contribution in [3.05, 3.63) is 0 Å². The number of alkyl halides is 1. The summed E-state index contributed by atoms with van der Waals surface area (Å²) in [6, 6.07) is 0.273. The fourth-order valence-corrected chi connectivity index (χ4v) is 2.37. The number of carbonyl (C=O) groups excluding carboxylic acids is 1. The minimum Gasteiger partial charge on any atom is -0.352 e. The monoisotopic (exact) mass is 276 g/mol. The van der Waals surface area contributed by atoms with Crippen LogP contribution in [0.2, 0.25) is 0 Å². The summed E-state index contributed by atoms with van der Waals surface area (Å²) in [4.78, 5) is 13.8. The Hall–Kier alpha value is -0.0900. The van der Waals surface area contributed by atoms with Crippen molar-refractivity contribution < 1.29 is 4.79 Å². The smallest absolute Gasteiger partial charge is 0.221 e. The molecule has 1 aliphatic heterocycles. The zero-order valence-corrected chi connectivity index (χ0v) is 11.1. The van der Waals surface area contributed by atoms with Crippen LogP contribution in [-0.2, 0) is 4.79 Å². The van der Waals surface area contributed by atoms with Gasteiger partial charge in [0.05, 0.1) is 0 Å². The summed E-state index contributed by atoms with van der Waals surface area (Å²) < 4.78 is 0. The average Bonchev–Trinajstić information content (AvgIpc) is 2.19. The highest BCUT2D eigenvalue weighted by Gasteiger charge is 2.14. The number of nitrogens with one attached hydrogen (secondary N) is 1. The van der Waals surface area contributed by atoms with Gasteiger partial charge in [-0.3, -0.25) is 4.79 Å². The molecule has 1 atom stereocenters. The zero-order chi connectivity index (χ0) is 11.1. The van der Waals surface area contributed by atoms with E-state index < -0.39 is 0 Å². The summed E-state index contributed by atoms with van der Waals surface area (Å²) in [6.45, 7) is 5.46. The molecule has 0 bridgehead atoms. The van der Waals surface area contributed by atoms with E-state index in [4.69, 9.17) is 0 Å². The lowest BCUT2D eigenvalue weighted by Crippen LogP contribution is -2.43. The molecule has 1 heterocycles. The molecule has 1 aliphatic rings. The minimum atomic E-state index is 0.149. The van der Waals surface area contributed by atoms with Crippen LogP contribution in [0.25, 0.3) is 0 Å². The van der Waals surface area contributed by atoms with E-state index in [2.05, 4.69) is 33.1 Å². The zero-order valence-electron chi connectivity index (χ0n) is 9.47. The summed E-state index contributed by atoms with van der Waals surface area (Å²) in [7, 11) is 0. The van der Waals surface area contributed by atoms with Crippen molar-refractivity contribution in [2.75, 3.05) is 25.0 Å². The van der Waals surface area contributed by atoms with Gasteiger partial charge in [-0.25, -0.2) is 0 Å². The van der Waals surface area contributed by atoms with Crippen molar-refractivity contribution in [1.82, 2.24) is 10.2 Å². The summed E-state index contributed by atoms with van der Waals surface area (Å²) in [5, 5.41) is 3.76. The number of rotatable bonds is 5. The first-order valence-electron chi connectivity index (χ1n) is 5.80. The van der Waals surface area contributed by atoms with Crippen LogP contribution in [0.3, 0.4) is 0 Å². The van der Waals surface area contributed by atoms with Gasteiger partial charge in [0, 0.05) is 24.3 Å². The van der Waals surface area contributed by atoms with Crippen LogP contribution < -0.4 is 5.32 Å². The number of halogens is 1. The predicted molar refractivity (Wildman–Crippen MR) is 66.3 cm³/mol. The molecule has 0 aromatic rings. The molecule has 0 aromatic carbocycles. The Bertz CT molecular complexity index is 193. The Kier molecular flexibility index (Phi) is 6.25. The standard InChI is InChI=1S/C11H21BrN2O/c1-10(13-11(15)5-6-12)9-14-7-3-2-4-8-14/h10H,2-9H2,1H3,(H,13,15). The van der Waals surface area contributed by atoms with Crippen LogP contribution in [0.5, 0.6) is 0 Å². The van der Waals surface area contributed by atoms with Crippen molar-refractivity contribution in [3.8, 4) is 0 Å². The normalized spacial score (nSPS) is 19.9. The van der Waals surface area contributed by atoms with Gasteiger partial charge in [0.15, 0.2) is 0 Å². The quantitative estimate of drug-likeness (QED) is 0.777. The van der Waals surface area contributed by atoms with Crippen molar-refractivity contribution in [1.29, 1.82) is 0 Å². The largest absolute Gasteiger partial charge is 0.352 e. The lowest BCUT2D eigenvalue weighted by atomic mass is 10.1. The van der Waals surface area contributed by atoms with E-state index in [1.54, 1.807) is 0 Å². The van der Waals surface area contributed by atoms with E-state index in [0.717, 1.165) is 11.9 Å². The molecule has 0 spiro atoms. The van der Waals surface area contributed by atoms with Crippen LogP contribution in [0.15, 0.2) is 0 Å². The average molecular weight is 277 g/mol. The Morgan fingerprint density at radius 1 is 1.40 bits per heavy atom.